The quantitative estimate of drug-likeness (QED) is 0.749. The first-order valence-corrected chi connectivity index (χ1v) is 9.02. The Morgan fingerprint density at radius 1 is 1.38 bits per heavy atom. The second kappa shape index (κ2) is 4.38. The van der Waals surface area contributed by atoms with Crippen LogP contribution in [0.2, 0.25) is 0 Å². The highest BCUT2D eigenvalue weighted by Crippen LogP contribution is 2.73. The molecule has 0 radical (unpaired) electrons. The molecule has 94 valence electrons. The Hall–Kier alpha value is 0.0500. The van der Waals surface area contributed by atoms with Crippen LogP contribution < -0.4 is 0 Å². The Kier molecular flexibility index (Phi) is 3.42. The van der Waals surface area contributed by atoms with Gasteiger partial charge >= 0.3 is 0 Å². The van der Waals surface area contributed by atoms with Crippen molar-refractivity contribution >= 4 is 10.0 Å². The fourth-order valence-corrected chi connectivity index (χ4v) is 7.87. The summed E-state index contributed by atoms with van der Waals surface area (Å²) in [6.07, 6.45) is 11.0. The van der Waals surface area contributed by atoms with E-state index < -0.39 is 10.0 Å². The van der Waals surface area contributed by atoms with Crippen molar-refractivity contribution in [2.45, 2.75) is 56.8 Å². The molecule has 0 aromatic rings. The van der Waals surface area contributed by atoms with E-state index in [0.717, 1.165) is 6.42 Å². The fourth-order valence-electron chi connectivity index (χ4n) is 3.36. The van der Waals surface area contributed by atoms with Crippen molar-refractivity contribution in [3.05, 3.63) is 11.6 Å². The third kappa shape index (κ3) is 1.84. The molecule has 1 N–H and O–H groups in total. The minimum atomic E-state index is -0.524. The minimum absolute atomic E-state index is 0.148. The molecule has 0 bridgehead atoms. The lowest BCUT2D eigenvalue weighted by Crippen LogP contribution is -2.35. The molecular formula is C14H26OS. The van der Waals surface area contributed by atoms with Crippen LogP contribution in [-0.4, -0.2) is 33.7 Å². The number of rotatable bonds is 4. The summed E-state index contributed by atoms with van der Waals surface area (Å²) >= 11 is 0. The minimum Gasteiger partial charge on any atom is -0.387 e. The zero-order valence-electron chi connectivity index (χ0n) is 11.0. The second-order valence-corrected chi connectivity index (χ2v) is 9.89. The Morgan fingerprint density at radius 3 is 2.38 bits per heavy atom. The van der Waals surface area contributed by atoms with E-state index in [9.17, 15) is 5.11 Å². The topological polar surface area (TPSA) is 20.2 Å². The molecule has 1 unspecified atom stereocenters. The van der Waals surface area contributed by atoms with Gasteiger partial charge in [0.15, 0.2) is 0 Å². The van der Waals surface area contributed by atoms with Gasteiger partial charge in [0.05, 0.1) is 6.10 Å². The molecule has 1 saturated heterocycles. The fraction of sp³-hybridized carbons (Fsp3) is 0.857. The Bertz CT molecular complexity index is 285. The molecule has 1 aliphatic heterocycles. The summed E-state index contributed by atoms with van der Waals surface area (Å²) in [5.41, 5.74) is 1.22. The lowest BCUT2D eigenvalue weighted by atomic mass is 10.1. The van der Waals surface area contributed by atoms with Crippen LogP contribution in [0, 0.1) is 0 Å². The van der Waals surface area contributed by atoms with Crippen molar-refractivity contribution in [2.24, 2.45) is 0 Å². The smallest absolute Gasteiger partial charge is 0.0879 e. The maximum Gasteiger partial charge on any atom is 0.0879 e. The number of allylic oxidation sites excluding steroid dienone is 1. The summed E-state index contributed by atoms with van der Waals surface area (Å²) in [6, 6.07) is 0. The highest BCUT2D eigenvalue weighted by atomic mass is 32.3. The Balaban J connectivity index is 2.16. The molecule has 2 fully saturated rings. The van der Waals surface area contributed by atoms with Crippen molar-refractivity contribution < 1.29 is 5.11 Å². The monoisotopic (exact) mass is 242 g/mol. The normalized spacial score (nSPS) is 31.1. The first-order valence-electron chi connectivity index (χ1n) is 6.64. The Morgan fingerprint density at radius 2 is 1.94 bits per heavy atom. The van der Waals surface area contributed by atoms with E-state index in [4.69, 9.17) is 0 Å². The number of hydrogen-bond acceptors (Lipinski definition) is 1. The summed E-state index contributed by atoms with van der Waals surface area (Å²) in [5.74, 6) is 2.81. The van der Waals surface area contributed by atoms with Gasteiger partial charge in [-0.05, 0) is 62.4 Å². The van der Waals surface area contributed by atoms with E-state index in [1.165, 1.54) is 42.8 Å². The molecule has 1 aliphatic carbocycles. The highest BCUT2D eigenvalue weighted by molar-refractivity contribution is 8.34. The van der Waals surface area contributed by atoms with E-state index in [0.29, 0.717) is 4.75 Å². The van der Waals surface area contributed by atoms with Crippen molar-refractivity contribution in [3.8, 4) is 0 Å². The van der Waals surface area contributed by atoms with Crippen LogP contribution in [0.25, 0.3) is 0 Å². The van der Waals surface area contributed by atoms with Crippen LogP contribution in [0.5, 0.6) is 0 Å². The molecule has 1 saturated carbocycles. The standard InChI is InChI=1S/C14H26OS/c1-4-7-12(2)13(15)14(8-9-14)16(3)10-5-6-11-16/h7,13,15H,4-6,8-11H2,1-3H3. The van der Waals surface area contributed by atoms with Crippen molar-refractivity contribution in [2.75, 3.05) is 17.8 Å². The number of aliphatic hydroxyl groups excluding tert-OH is 1. The summed E-state index contributed by atoms with van der Waals surface area (Å²) in [6.45, 7) is 4.27. The maximum absolute atomic E-state index is 10.6. The molecule has 2 heteroatoms. The van der Waals surface area contributed by atoms with Gasteiger partial charge in [0.2, 0.25) is 0 Å². The average molecular weight is 242 g/mol. The van der Waals surface area contributed by atoms with Crippen LogP contribution in [0.3, 0.4) is 0 Å². The van der Waals surface area contributed by atoms with Gasteiger partial charge in [-0.2, -0.15) is 0 Å². The third-order valence-electron chi connectivity index (χ3n) is 4.62. The molecule has 0 aromatic heterocycles. The molecular weight excluding hydrogens is 216 g/mol. The molecule has 0 amide bonds. The summed E-state index contributed by atoms with van der Waals surface area (Å²) in [7, 11) is -0.524. The van der Waals surface area contributed by atoms with E-state index in [1.807, 2.05) is 0 Å². The van der Waals surface area contributed by atoms with Crippen LogP contribution in [0.15, 0.2) is 11.6 Å². The van der Waals surface area contributed by atoms with Gasteiger partial charge in [-0.25, -0.2) is 10.0 Å². The SMILES string of the molecule is CCC=C(C)C(O)C1(S2(C)CCCC2)CC1. The third-order valence-corrected chi connectivity index (χ3v) is 9.59. The highest BCUT2D eigenvalue weighted by Gasteiger charge is 2.58. The first kappa shape index (κ1) is 12.5. The summed E-state index contributed by atoms with van der Waals surface area (Å²) in [5, 5.41) is 10.6. The molecule has 1 atom stereocenters. The van der Waals surface area contributed by atoms with E-state index in [-0.39, 0.29) is 6.10 Å². The van der Waals surface area contributed by atoms with Gasteiger partial charge < -0.3 is 5.11 Å². The van der Waals surface area contributed by atoms with Crippen LogP contribution in [0.1, 0.15) is 46.0 Å². The van der Waals surface area contributed by atoms with Gasteiger partial charge in [-0.3, -0.25) is 0 Å². The van der Waals surface area contributed by atoms with Gasteiger partial charge in [-0.1, -0.05) is 13.0 Å². The lowest BCUT2D eigenvalue weighted by molar-refractivity contribution is 0.198. The van der Waals surface area contributed by atoms with Gasteiger partial charge in [0.25, 0.3) is 0 Å². The van der Waals surface area contributed by atoms with Crippen molar-refractivity contribution in [3.63, 3.8) is 0 Å². The predicted molar refractivity (Wildman–Crippen MR) is 74.5 cm³/mol. The average Bonchev–Trinajstić information content (AvgIpc) is 2.97. The van der Waals surface area contributed by atoms with Crippen LogP contribution >= 0.6 is 10.0 Å². The van der Waals surface area contributed by atoms with Crippen molar-refractivity contribution in [1.82, 2.24) is 0 Å². The number of hydrogen-bond donors (Lipinski definition) is 1. The van der Waals surface area contributed by atoms with Gasteiger partial charge in [-0.15, -0.1) is 0 Å². The molecule has 1 heterocycles. The molecule has 2 aliphatic rings. The maximum atomic E-state index is 10.6. The summed E-state index contributed by atoms with van der Waals surface area (Å²) in [4.78, 5) is 0. The largest absolute Gasteiger partial charge is 0.387 e. The van der Waals surface area contributed by atoms with Crippen LogP contribution in [0.4, 0.5) is 0 Å². The van der Waals surface area contributed by atoms with E-state index in [2.05, 4.69) is 26.2 Å². The van der Waals surface area contributed by atoms with Crippen LogP contribution in [-0.2, 0) is 0 Å². The van der Waals surface area contributed by atoms with E-state index in [1.54, 1.807) is 0 Å². The molecule has 1 nitrogen and oxygen atoms in total. The number of aliphatic hydroxyl groups is 1. The summed E-state index contributed by atoms with van der Waals surface area (Å²) < 4.78 is 0.319. The van der Waals surface area contributed by atoms with E-state index >= 15 is 0 Å². The lowest BCUT2D eigenvalue weighted by Gasteiger charge is -2.44. The molecule has 0 spiro atoms. The zero-order chi connectivity index (χ0) is 11.8. The van der Waals surface area contributed by atoms with Gasteiger partial charge in [0.1, 0.15) is 0 Å². The second-order valence-electron chi connectivity index (χ2n) is 5.71. The first-order chi connectivity index (χ1) is 7.56. The zero-order valence-corrected chi connectivity index (χ0v) is 11.8. The predicted octanol–water partition coefficient (Wildman–Crippen LogP) is 3.46. The molecule has 0 aromatic carbocycles. The van der Waals surface area contributed by atoms with Gasteiger partial charge in [0, 0.05) is 4.75 Å². The van der Waals surface area contributed by atoms with Crippen molar-refractivity contribution in [1.29, 1.82) is 0 Å². The molecule has 2 rings (SSSR count). The molecule has 16 heavy (non-hydrogen) atoms. The Labute approximate surface area is 102 Å².